The maximum Gasteiger partial charge on any atom is 0.411 e. The van der Waals surface area contributed by atoms with Crippen molar-refractivity contribution in [3.8, 4) is 11.8 Å². The maximum absolute atomic E-state index is 11.8. The number of hydrogen-bond acceptors (Lipinski definition) is 4. The monoisotopic (exact) mass is 321 g/mol. The Kier molecular flexibility index (Phi) is 7.22. The second-order valence-electron chi connectivity index (χ2n) is 3.96. The van der Waals surface area contributed by atoms with Gasteiger partial charge in [-0.3, -0.25) is 4.79 Å². The van der Waals surface area contributed by atoms with Crippen molar-refractivity contribution in [3.05, 3.63) is 21.9 Å². The van der Waals surface area contributed by atoms with Crippen LogP contribution in [0.2, 0.25) is 0 Å². The second-order valence-corrected chi connectivity index (χ2v) is 4.95. The average molecular weight is 321 g/mol. The van der Waals surface area contributed by atoms with Gasteiger partial charge in [-0.2, -0.15) is 13.2 Å². The fourth-order valence-electron chi connectivity index (χ4n) is 1.31. The van der Waals surface area contributed by atoms with E-state index in [0.29, 0.717) is 0 Å². The van der Waals surface area contributed by atoms with E-state index in [-0.39, 0.29) is 32.1 Å². The lowest BCUT2D eigenvalue weighted by atomic mass is 10.3. The molecule has 0 aliphatic rings. The fourth-order valence-corrected chi connectivity index (χ4v) is 2.06. The molecular weight excluding hydrogens is 307 g/mol. The SMILES string of the molecule is O=C(CCOCC(F)(F)F)NCc1cc(C#CCO)cs1. The van der Waals surface area contributed by atoms with Crippen LogP contribution in [0.1, 0.15) is 16.9 Å². The minimum atomic E-state index is -4.38. The highest BCUT2D eigenvalue weighted by atomic mass is 32.1. The van der Waals surface area contributed by atoms with E-state index in [1.54, 1.807) is 11.4 Å². The van der Waals surface area contributed by atoms with Crippen LogP contribution in [0.15, 0.2) is 11.4 Å². The number of aliphatic hydroxyl groups is 1. The Bertz CT molecular complexity index is 517. The fraction of sp³-hybridized carbons (Fsp3) is 0.462. The van der Waals surface area contributed by atoms with Gasteiger partial charge in [0.15, 0.2) is 0 Å². The first-order valence-corrected chi connectivity index (χ1v) is 6.87. The molecule has 1 amide bonds. The zero-order chi connectivity index (χ0) is 15.7. The summed E-state index contributed by atoms with van der Waals surface area (Å²) in [4.78, 5) is 12.3. The third-order valence-corrected chi connectivity index (χ3v) is 3.10. The van der Waals surface area contributed by atoms with Crippen molar-refractivity contribution in [2.75, 3.05) is 19.8 Å². The summed E-state index contributed by atoms with van der Waals surface area (Å²) >= 11 is 1.39. The van der Waals surface area contributed by atoms with E-state index in [0.717, 1.165) is 10.4 Å². The zero-order valence-electron chi connectivity index (χ0n) is 11.0. The number of alkyl halides is 3. The van der Waals surface area contributed by atoms with Gasteiger partial charge in [0.25, 0.3) is 0 Å². The highest BCUT2D eigenvalue weighted by molar-refractivity contribution is 7.10. The molecule has 0 radical (unpaired) electrons. The van der Waals surface area contributed by atoms with Gasteiger partial charge in [-0.15, -0.1) is 11.3 Å². The molecule has 0 fully saturated rings. The van der Waals surface area contributed by atoms with Gasteiger partial charge in [0.05, 0.1) is 13.2 Å². The largest absolute Gasteiger partial charge is 0.411 e. The van der Waals surface area contributed by atoms with Crippen molar-refractivity contribution >= 4 is 17.2 Å². The molecule has 4 nitrogen and oxygen atoms in total. The van der Waals surface area contributed by atoms with Crippen LogP contribution in [0, 0.1) is 11.8 Å². The first kappa shape index (κ1) is 17.5. The van der Waals surface area contributed by atoms with Gasteiger partial charge in [-0.1, -0.05) is 11.8 Å². The van der Waals surface area contributed by atoms with Crippen molar-refractivity contribution in [2.24, 2.45) is 0 Å². The van der Waals surface area contributed by atoms with Crippen molar-refractivity contribution in [1.82, 2.24) is 5.32 Å². The third-order valence-electron chi connectivity index (χ3n) is 2.16. The van der Waals surface area contributed by atoms with Gasteiger partial charge in [0.2, 0.25) is 5.91 Å². The Morgan fingerprint density at radius 3 is 2.90 bits per heavy atom. The van der Waals surface area contributed by atoms with Gasteiger partial charge < -0.3 is 15.2 Å². The predicted octanol–water partition coefficient (Wildman–Crippen LogP) is 1.68. The Hall–Kier alpha value is -1.56. The van der Waals surface area contributed by atoms with Crippen LogP contribution in [0.5, 0.6) is 0 Å². The van der Waals surface area contributed by atoms with E-state index < -0.39 is 12.8 Å². The number of aliphatic hydroxyl groups excluding tert-OH is 1. The molecule has 0 saturated carbocycles. The molecular formula is C13H14F3NO3S. The normalized spacial score (nSPS) is 10.9. The molecule has 116 valence electrons. The van der Waals surface area contributed by atoms with Crippen LogP contribution in [-0.2, 0) is 16.1 Å². The average Bonchev–Trinajstić information content (AvgIpc) is 2.86. The Balaban J connectivity index is 2.22. The standard InChI is InChI=1S/C13H14F3NO3S/c14-13(15,16)9-20-5-3-12(19)17-7-11-6-10(8-21-11)2-1-4-18/h6,8,18H,3-5,7,9H2,(H,17,19). The summed E-state index contributed by atoms with van der Waals surface area (Å²) < 4.78 is 39.7. The zero-order valence-corrected chi connectivity index (χ0v) is 11.8. The summed E-state index contributed by atoms with van der Waals surface area (Å²) in [5, 5.41) is 12.9. The first-order chi connectivity index (χ1) is 9.90. The van der Waals surface area contributed by atoms with Crippen LogP contribution in [0.25, 0.3) is 0 Å². The van der Waals surface area contributed by atoms with Gasteiger partial charge in [0, 0.05) is 22.2 Å². The molecule has 0 aliphatic heterocycles. The summed E-state index contributed by atoms with van der Waals surface area (Å²) in [5.41, 5.74) is 0.742. The number of thiophene rings is 1. The molecule has 8 heteroatoms. The molecule has 0 bridgehead atoms. The highest BCUT2D eigenvalue weighted by Crippen LogP contribution is 2.15. The van der Waals surface area contributed by atoms with E-state index in [1.165, 1.54) is 11.3 Å². The summed E-state index contributed by atoms with van der Waals surface area (Å²) in [6.45, 7) is -1.56. The molecule has 0 unspecified atom stereocenters. The van der Waals surface area contributed by atoms with Crippen LogP contribution in [0.4, 0.5) is 13.2 Å². The summed E-state index contributed by atoms with van der Waals surface area (Å²) in [5.74, 6) is 4.85. The topological polar surface area (TPSA) is 58.6 Å². The van der Waals surface area contributed by atoms with E-state index in [9.17, 15) is 18.0 Å². The summed E-state index contributed by atoms with van der Waals surface area (Å²) in [6.07, 6.45) is -4.50. The Labute approximate surface area is 123 Å². The molecule has 1 heterocycles. The number of carbonyl (C=O) groups excluding carboxylic acids is 1. The molecule has 0 spiro atoms. The van der Waals surface area contributed by atoms with Gasteiger partial charge in [0.1, 0.15) is 13.2 Å². The molecule has 0 aromatic carbocycles. The second kappa shape index (κ2) is 8.67. The molecule has 1 aromatic heterocycles. The minimum Gasteiger partial charge on any atom is -0.384 e. The van der Waals surface area contributed by atoms with Gasteiger partial charge >= 0.3 is 6.18 Å². The van der Waals surface area contributed by atoms with Crippen LogP contribution < -0.4 is 5.32 Å². The number of ether oxygens (including phenoxy) is 1. The van der Waals surface area contributed by atoms with Crippen molar-refractivity contribution in [2.45, 2.75) is 19.1 Å². The third kappa shape index (κ3) is 8.34. The smallest absolute Gasteiger partial charge is 0.384 e. The molecule has 2 N–H and O–H groups in total. The van der Waals surface area contributed by atoms with Crippen molar-refractivity contribution < 1.29 is 27.8 Å². The molecule has 0 atom stereocenters. The van der Waals surface area contributed by atoms with E-state index in [1.807, 2.05) is 0 Å². The molecule has 1 rings (SSSR count). The number of carbonyl (C=O) groups is 1. The van der Waals surface area contributed by atoms with E-state index in [4.69, 9.17) is 5.11 Å². The van der Waals surface area contributed by atoms with Crippen LogP contribution >= 0.6 is 11.3 Å². The Morgan fingerprint density at radius 2 is 2.24 bits per heavy atom. The van der Waals surface area contributed by atoms with E-state index in [2.05, 4.69) is 21.9 Å². The molecule has 0 saturated heterocycles. The molecule has 1 aromatic rings. The van der Waals surface area contributed by atoms with E-state index >= 15 is 0 Å². The summed E-state index contributed by atoms with van der Waals surface area (Å²) in [6, 6.07) is 1.77. The quantitative estimate of drug-likeness (QED) is 0.619. The predicted molar refractivity (Wildman–Crippen MR) is 71.6 cm³/mol. The maximum atomic E-state index is 11.8. The number of nitrogens with one attached hydrogen (secondary N) is 1. The van der Waals surface area contributed by atoms with Crippen LogP contribution in [0.3, 0.4) is 0 Å². The number of hydrogen-bond donors (Lipinski definition) is 2. The lowest BCUT2D eigenvalue weighted by molar-refractivity contribution is -0.174. The Morgan fingerprint density at radius 1 is 1.48 bits per heavy atom. The minimum absolute atomic E-state index is 0.126. The van der Waals surface area contributed by atoms with Crippen LogP contribution in [-0.4, -0.2) is 37.0 Å². The van der Waals surface area contributed by atoms with Gasteiger partial charge in [-0.05, 0) is 6.07 Å². The van der Waals surface area contributed by atoms with Crippen molar-refractivity contribution in [3.63, 3.8) is 0 Å². The molecule has 21 heavy (non-hydrogen) atoms. The number of amides is 1. The summed E-state index contributed by atoms with van der Waals surface area (Å²) in [7, 11) is 0. The molecule has 0 aliphatic carbocycles. The highest BCUT2D eigenvalue weighted by Gasteiger charge is 2.27. The number of halogens is 3. The first-order valence-electron chi connectivity index (χ1n) is 5.99. The number of rotatable bonds is 6. The lowest BCUT2D eigenvalue weighted by Gasteiger charge is -2.07. The van der Waals surface area contributed by atoms with Gasteiger partial charge in [-0.25, -0.2) is 0 Å². The van der Waals surface area contributed by atoms with Crippen molar-refractivity contribution in [1.29, 1.82) is 0 Å². The lowest BCUT2D eigenvalue weighted by Crippen LogP contribution is -2.25.